The molecule has 1 aliphatic rings. The monoisotopic (exact) mass is 310 g/mol. The summed E-state index contributed by atoms with van der Waals surface area (Å²) >= 11 is 0. The quantitative estimate of drug-likeness (QED) is 0.810. The van der Waals surface area contributed by atoms with Crippen molar-refractivity contribution in [2.75, 3.05) is 19.3 Å². The van der Waals surface area contributed by atoms with Crippen molar-refractivity contribution in [3.05, 3.63) is 29.8 Å². The lowest BCUT2D eigenvalue weighted by molar-refractivity contribution is 0.324. The molecule has 1 atom stereocenters. The average Bonchev–Trinajstić information content (AvgIpc) is 2.88. The molecule has 1 fully saturated rings. The minimum absolute atomic E-state index is 0.251. The molecule has 0 saturated carbocycles. The van der Waals surface area contributed by atoms with Gasteiger partial charge in [0.1, 0.15) is 0 Å². The summed E-state index contributed by atoms with van der Waals surface area (Å²) in [5, 5.41) is 7.16. The molecule has 1 saturated heterocycles. The van der Waals surface area contributed by atoms with Gasteiger partial charge >= 0.3 is 0 Å². The summed E-state index contributed by atoms with van der Waals surface area (Å²) in [6.07, 6.45) is 6.12. The molecule has 1 aromatic carbocycles. The van der Waals surface area contributed by atoms with Crippen LogP contribution in [0.4, 0.5) is 0 Å². The molecule has 5 heteroatoms. The van der Waals surface area contributed by atoms with E-state index in [4.69, 9.17) is 0 Å². The van der Waals surface area contributed by atoms with Crippen LogP contribution in [0.5, 0.6) is 0 Å². The van der Waals surface area contributed by atoms with Crippen molar-refractivity contribution in [2.45, 2.75) is 49.6 Å². The predicted octanol–water partition coefficient (Wildman–Crippen LogP) is 2.10. The van der Waals surface area contributed by atoms with E-state index in [-0.39, 0.29) is 5.54 Å². The first-order valence-electron chi connectivity index (χ1n) is 7.70. The van der Waals surface area contributed by atoms with Crippen LogP contribution in [0.2, 0.25) is 0 Å². The van der Waals surface area contributed by atoms with Crippen molar-refractivity contribution in [3.63, 3.8) is 0 Å². The van der Waals surface area contributed by atoms with E-state index in [1.54, 1.807) is 12.1 Å². The largest absolute Gasteiger partial charge is 0.311 e. The molecule has 1 aliphatic heterocycles. The second-order valence-corrected chi connectivity index (χ2v) is 8.10. The molecule has 0 amide bonds. The highest BCUT2D eigenvalue weighted by Gasteiger charge is 2.31. The molecule has 0 radical (unpaired) electrons. The highest BCUT2D eigenvalue weighted by molar-refractivity contribution is 7.90. The first kappa shape index (κ1) is 16.5. The minimum atomic E-state index is -3.10. The van der Waals surface area contributed by atoms with Crippen molar-refractivity contribution < 1.29 is 8.42 Å². The van der Waals surface area contributed by atoms with E-state index in [0.29, 0.717) is 4.90 Å². The van der Waals surface area contributed by atoms with Gasteiger partial charge in [0.15, 0.2) is 9.84 Å². The van der Waals surface area contributed by atoms with E-state index in [0.717, 1.165) is 25.2 Å². The SMILES string of the molecule is CCCC1(CNCc2ccc(S(C)(=O)=O)cc2)CCCN1. The maximum Gasteiger partial charge on any atom is 0.175 e. The summed E-state index contributed by atoms with van der Waals surface area (Å²) < 4.78 is 22.8. The van der Waals surface area contributed by atoms with Crippen LogP contribution >= 0.6 is 0 Å². The lowest BCUT2D eigenvalue weighted by atomic mass is 9.92. The first-order chi connectivity index (χ1) is 9.95. The fourth-order valence-corrected chi connectivity index (χ4v) is 3.73. The molecule has 4 nitrogen and oxygen atoms in total. The number of hydrogen-bond donors (Lipinski definition) is 2. The Morgan fingerprint density at radius 1 is 1.29 bits per heavy atom. The number of sulfone groups is 1. The van der Waals surface area contributed by atoms with E-state index in [2.05, 4.69) is 17.6 Å². The van der Waals surface area contributed by atoms with E-state index in [1.807, 2.05) is 12.1 Å². The fourth-order valence-electron chi connectivity index (χ4n) is 3.10. The van der Waals surface area contributed by atoms with Crippen LogP contribution in [-0.2, 0) is 16.4 Å². The van der Waals surface area contributed by atoms with Crippen molar-refractivity contribution in [3.8, 4) is 0 Å². The smallest absolute Gasteiger partial charge is 0.175 e. The van der Waals surface area contributed by atoms with Crippen LogP contribution in [0.1, 0.15) is 38.2 Å². The Hall–Kier alpha value is -0.910. The highest BCUT2D eigenvalue weighted by atomic mass is 32.2. The van der Waals surface area contributed by atoms with Gasteiger partial charge in [0, 0.05) is 24.9 Å². The standard InChI is InChI=1S/C16H26N2O2S/c1-3-9-16(10-4-11-18-16)13-17-12-14-5-7-15(8-6-14)21(2,19)20/h5-8,17-18H,3-4,9-13H2,1-2H3. The van der Waals surface area contributed by atoms with Crippen LogP contribution in [0, 0.1) is 0 Å². The van der Waals surface area contributed by atoms with E-state index in [1.165, 1.54) is 31.9 Å². The summed E-state index contributed by atoms with van der Waals surface area (Å²) in [5.41, 5.74) is 1.37. The van der Waals surface area contributed by atoms with Crippen molar-refractivity contribution in [2.24, 2.45) is 0 Å². The topological polar surface area (TPSA) is 58.2 Å². The van der Waals surface area contributed by atoms with Gasteiger partial charge in [0.25, 0.3) is 0 Å². The zero-order valence-electron chi connectivity index (χ0n) is 13.0. The van der Waals surface area contributed by atoms with Crippen molar-refractivity contribution >= 4 is 9.84 Å². The Labute approximate surface area is 128 Å². The summed E-state index contributed by atoms with van der Waals surface area (Å²) in [6, 6.07) is 7.14. The van der Waals surface area contributed by atoms with Crippen LogP contribution in [0.25, 0.3) is 0 Å². The second kappa shape index (κ2) is 6.90. The number of nitrogens with one attached hydrogen (secondary N) is 2. The maximum atomic E-state index is 11.4. The Kier molecular flexibility index (Phi) is 5.41. The third-order valence-corrected chi connectivity index (χ3v) is 5.33. The maximum absolute atomic E-state index is 11.4. The first-order valence-corrected chi connectivity index (χ1v) is 9.59. The molecule has 0 aliphatic carbocycles. The Morgan fingerprint density at radius 3 is 2.52 bits per heavy atom. The molecule has 21 heavy (non-hydrogen) atoms. The molecule has 2 rings (SSSR count). The summed E-state index contributed by atoms with van der Waals surface area (Å²) in [4.78, 5) is 0.381. The Morgan fingerprint density at radius 2 is 2.00 bits per heavy atom. The highest BCUT2D eigenvalue weighted by Crippen LogP contribution is 2.24. The van der Waals surface area contributed by atoms with Gasteiger partial charge in [-0.15, -0.1) is 0 Å². The van der Waals surface area contributed by atoms with Gasteiger partial charge in [0.05, 0.1) is 4.90 Å². The van der Waals surface area contributed by atoms with Gasteiger partial charge in [-0.25, -0.2) is 8.42 Å². The van der Waals surface area contributed by atoms with Crippen LogP contribution in [0.3, 0.4) is 0 Å². The zero-order valence-corrected chi connectivity index (χ0v) is 13.8. The van der Waals surface area contributed by atoms with E-state index >= 15 is 0 Å². The zero-order chi connectivity index (χ0) is 15.3. The summed E-state index contributed by atoms with van der Waals surface area (Å²) in [7, 11) is -3.10. The molecule has 1 heterocycles. The number of rotatable bonds is 7. The third-order valence-electron chi connectivity index (χ3n) is 4.20. The number of benzene rings is 1. The molecule has 0 spiro atoms. The van der Waals surface area contributed by atoms with Crippen molar-refractivity contribution in [1.82, 2.24) is 10.6 Å². The summed E-state index contributed by atoms with van der Waals surface area (Å²) in [5.74, 6) is 0. The fraction of sp³-hybridized carbons (Fsp3) is 0.625. The molecule has 1 unspecified atom stereocenters. The van der Waals surface area contributed by atoms with Crippen molar-refractivity contribution in [1.29, 1.82) is 0 Å². The minimum Gasteiger partial charge on any atom is -0.311 e. The molecule has 118 valence electrons. The van der Waals surface area contributed by atoms with Gasteiger partial charge < -0.3 is 10.6 Å². The van der Waals surface area contributed by atoms with E-state index in [9.17, 15) is 8.42 Å². The van der Waals surface area contributed by atoms with Crippen LogP contribution in [-0.4, -0.2) is 33.3 Å². The molecule has 0 aromatic heterocycles. The lowest BCUT2D eigenvalue weighted by Gasteiger charge is -2.29. The summed E-state index contributed by atoms with van der Waals surface area (Å²) in [6.45, 7) is 5.09. The number of hydrogen-bond acceptors (Lipinski definition) is 4. The third kappa shape index (κ3) is 4.53. The van der Waals surface area contributed by atoms with E-state index < -0.39 is 9.84 Å². The van der Waals surface area contributed by atoms with Gasteiger partial charge in [-0.3, -0.25) is 0 Å². The van der Waals surface area contributed by atoms with Crippen LogP contribution in [0.15, 0.2) is 29.2 Å². The van der Waals surface area contributed by atoms with Gasteiger partial charge in [0.2, 0.25) is 0 Å². The molecule has 2 N–H and O–H groups in total. The predicted molar refractivity (Wildman–Crippen MR) is 86.1 cm³/mol. The molecular formula is C16H26N2O2S. The van der Waals surface area contributed by atoms with Gasteiger partial charge in [-0.1, -0.05) is 25.5 Å². The average molecular weight is 310 g/mol. The van der Waals surface area contributed by atoms with Crippen LogP contribution < -0.4 is 10.6 Å². The molecule has 1 aromatic rings. The normalized spacial score (nSPS) is 22.6. The van der Waals surface area contributed by atoms with Gasteiger partial charge in [-0.2, -0.15) is 0 Å². The Balaban J connectivity index is 1.88. The lowest BCUT2D eigenvalue weighted by Crippen LogP contribution is -2.48. The Bertz CT molecular complexity index is 546. The second-order valence-electron chi connectivity index (χ2n) is 6.08. The molecule has 0 bridgehead atoms. The molecular weight excluding hydrogens is 284 g/mol. The van der Waals surface area contributed by atoms with Gasteiger partial charge in [-0.05, 0) is 43.5 Å².